The van der Waals surface area contributed by atoms with Crippen LogP contribution in [0.3, 0.4) is 0 Å². The molecule has 0 bridgehead atoms. The van der Waals surface area contributed by atoms with Crippen molar-refractivity contribution in [2.75, 3.05) is 11.9 Å². The highest BCUT2D eigenvalue weighted by molar-refractivity contribution is 6.33. The Kier molecular flexibility index (Phi) is 4.67. The second-order valence-electron chi connectivity index (χ2n) is 5.61. The molecule has 0 saturated carbocycles. The molecule has 2 aromatic carbocycles. The highest BCUT2D eigenvalue weighted by Gasteiger charge is 2.17. The number of halogens is 1. The van der Waals surface area contributed by atoms with Crippen molar-refractivity contribution >= 4 is 23.0 Å². The van der Waals surface area contributed by atoms with Gasteiger partial charge in [-0.2, -0.15) is 5.10 Å². The third kappa shape index (κ3) is 3.46. The van der Waals surface area contributed by atoms with Gasteiger partial charge in [0.15, 0.2) is 0 Å². The molecule has 1 heterocycles. The average molecular weight is 358 g/mol. The van der Waals surface area contributed by atoms with Crippen molar-refractivity contribution in [3.63, 3.8) is 0 Å². The van der Waals surface area contributed by atoms with Gasteiger partial charge in [0.1, 0.15) is 12.7 Å². The van der Waals surface area contributed by atoms with Gasteiger partial charge in [0, 0.05) is 19.2 Å². The van der Waals surface area contributed by atoms with Crippen molar-refractivity contribution in [2.24, 2.45) is 0 Å². The molecular formula is C17H16ClN5O2. The summed E-state index contributed by atoms with van der Waals surface area (Å²) in [6.45, 7) is 2.04. The van der Waals surface area contributed by atoms with Gasteiger partial charge in [-0.3, -0.25) is 10.1 Å². The Morgan fingerprint density at radius 2 is 1.96 bits per heavy atom. The van der Waals surface area contributed by atoms with Crippen LogP contribution < -0.4 is 4.90 Å². The zero-order chi connectivity index (χ0) is 18.0. The van der Waals surface area contributed by atoms with Crippen LogP contribution in [-0.4, -0.2) is 26.7 Å². The topological polar surface area (TPSA) is 77.1 Å². The lowest BCUT2D eigenvalue weighted by molar-refractivity contribution is -0.384. The molecule has 0 amide bonds. The fourth-order valence-electron chi connectivity index (χ4n) is 2.57. The minimum absolute atomic E-state index is 0.0213. The van der Waals surface area contributed by atoms with Gasteiger partial charge < -0.3 is 4.90 Å². The van der Waals surface area contributed by atoms with Gasteiger partial charge in [0.25, 0.3) is 5.69 Å². The van der Waals surface area contributed by atoms with Crippen LogP contribution >= 0.6 is 11.6 Å². The first-order valence-corrected chi connectivity index (χ1v) is 7.97. The Morgan fingerprint density at radius 1 is 1.24 bits per heavy atom. The van der Waals surface area contributed by atoms with E-state index in [-0.39, 0.29) is 11.7 Å². The van der Waals surface area contributed by atoms with Crippen LogP contribution in [-0.2, 0) is 0 Å². The number of aromatic nitrogens is 3. The quantitative estimate of drug-likeness (QED) is 0.509. The minimum atomic E-state index is -0.456. The number of benzene rings is 2. The van der Waals surface area contributed by atoms with Crippen LogP contribution in [0.2, 0.25) is 5.02 Å². The molecule has 0 spiro atoms. The summed E-state index contributed by atoms with van der Waals surface area (Å²) in [7, 11) is 1.91. The number of nitro groups is 1. The fraction of sp³-hybridized carbons (Fsp3) is 0.176. The second kappa shape index (κ2) is 6.90. The molecule has 0 fully saturated rings. The number of hydrogen-bond donors (Lipinski definition) is 0. The van der Waals surface area contributed by atoms with Gasteiger partial charge in [-0.05, 0) is 30.7 Å². The summed E-state index contributed by atoms with van der Waals surface area (Å²) >= 11 is 6.23. The summed E-state index contributed by atoms with van der Waals surface area (Å²) in [4.78, 5) is 16.3. The monoisotopic (exact) mass is 357 g/mol. The van der Waals surface area contributed by atoms with E-state index in [9.17, 15) is 10.1 Å². The zero-order valence-corrected chi connectivity index (χ0v) is 14.5. The van der Waals surface area contributed by atoms with Crippen LogP contribution in [0.4, 0.5) is 11.4 Å². The lowest BCUT2D eigenvalue weighted by Gasteiger charge is -2.28. The molecule has 0 N–H and O–H groups in total. The molecule has 8 heteroatoms. The molecule has 0 aliphatic carbocycles. The first-order valence-electron chi connectivity index (χ1n) is 7.59. The molecule has 1 aromatic heterocycles. The normalized spacial score (nSPS) is 12.0. The molecule has 25 heavy (non-hydrogen) atoms. The van der Waals surface area contributed by atoms with E-state index in [1.54, 1.807) is 17.1 Å². The third-order valence-electron chi connectivity index (χ3n) is 4.16. The summed E-state index contributed by atoms with van der Waals surface area (Å²) in [5.41, 5.74) is 2.72. The maximum absolute atomic E-state index is 10.8. The SMILES string of the molecule is C[C@H](c1ccc(-n2cncn2)cc1)N(C)c1ccc([N+](=O)[O-])cc1Cl. The van der Waals surface area contributed by atoms with Gasteiger partial charge in [0.05, 0.1) is 27.4 Å². The lowest BCUT2D eigenvalue weighted by atomic mass is 10.1. The van der Waals surface area contributed by atoms with Gasteiger partial charge in [-0.15, -0.1) is 0 Å². The first kappa shape index (κ1) is 16.9. The van der Waals surface area contributed by atoms with E-state index in [0.29, 0.717) is 5.02 Å². The molecule has 0 aliphatic heterocycles. The average Bonchev–Trinajstić information content (AvgIpc) is 3.15. The van der Waals surface area contributed by atoms with Crippen molar-refractivity contribution in [3.05, 3.63) is 75.8 Å². The molecule has 0 saturated heterocycles. The van der Waals surface area contributed by atoms with E-state index in [1.165, 1.54) is 18.5 Å². The second-order valence-corrected chi connectivity index (χ2v) is 6.02. The largest absolute Gasteiger partial charge is 0.367 e. The van der Waals surface area contributed by atoms with Crippen molar-refractivity contribution < 1.29 is 4.92 Å². The summed E-state index contributed by atoms with van der Waals surface area (Å²) in [5, 5.41) is 15.3. The predicted octanol–water partition coefficient (Wildman–Crippen LogP) is 4.03. The van der Waals surface area contributed by atoms with Gasteiger partial charge in [0.2, 0.25) is 0 Å². The Hall–Kier alpha value is -2.93. The first-order chi connectivity index (χ1) is 12.0. The van der Waals surface area contributed by atoms with E-state index in [1.807, 2.05) is 43.1 Å². The van der Waals surface area contributed by atoms with Crippen LogP contribution in [0.1, 0.15) is 18.5 Å². The molecule has 0 radical (unpaired) electrons. The lowest BCUT2D eigenvalue weighted by Crippen LogP contribution is -2.22. The van der Waals surface area contributed by atoms with E-state index in [2.05, 4.69) is 10.1 Å². The van der Waals surface area contributed by atoms with Gasteiger partial charge >= 0.3 is 0 Å². The van der Waals surface area contributed by atoms with Crippen molar-refractivity contribution in [2.45, 2.75) is 13.0 Å². The molecule has 3 aromatic rings. The molecular weight excluding hydrogens is 342 g/mol. The molecule has 3 rings (SSSR count). The van der Waals surface area contributed by atoms with E-state index < -0.39 is 4.92 Å². The summed E-state index contributed by atoms with van der Waals surface area (Å²) in [5.74, 6) is 0. The van der Waals surface area contributed by atoms with E-state index >= 15 is 0 Å². The molecule has 0 aliphatic rings. The fourth-order valence-corrected chi connectivity index (χ4v) is 2.88. The summed E-state index contributed by atoms with van der Waals surface area (Å²) in [6, 6.07) is 12.5. The zero-order valence-electron chi connectivity index (χ0n) is 13.7. The highest BCUT2D eigenvalue weighted by Crippen LogP contribution is 2.33. The summed E-state index contributed by atoms with van der Waals surface area (Å²) in [6.07, 6.45) is 3.13. The van der Waals surface area contributed by atoms with Crippen LogP contribution in [0.5, 0.6) is 0 Å². The maximum Gasteiger partial charge on any atom is 0.271 e. The van der Waals surface area contributed by atoms with E-state index in [4.69, 9.17) is 11.6 Å². The standard InChI is InChI=1S/C17H16ClN5O2/c1-12(13-3-5-14(6-4-13)22-11-19-10-20-22)21(2)17-8-7-15(23(24)25)9-16(17)18/h3-12H,1-2H3/t12-/m1/s1. The molecule has 128 valence electrons. The van der Waals surface area contributed by atoms with Gasteiger partial charge in [-0.1, -0.05) is 23.7 Å². The Morgan fingerprint density at radius 3 is 2.52 bits per heavy atom. The Balaban J connectivity index is 1.82. The van der Waals surface area contributed by atoms with Crippen molar-refractivity contribution in [3.8, 4) is 5.69 Å². The van der Waals surface area contributed by atoms with Crippen molar-refractivity contribution in [1.29, 1.82) is 0 Å². The number of rotatable bonds is 5. The van der Waals surface area contributed by atoms with Crippen molar-refractivity contribution in [1.82, 2.24) is 14.8 Å². The number of nitrogens with zero attached hydrogens (tertiary/aromatic N) is 5. The highest BCUT2D eigenvalue weighted by atomic mass is 35.5. The number of hydrogen-bond acceptors (Lipinski definition) is 5. The van der Waals surface area contributed by atoms with Crippen LogP contribution in [0.25, 0.3) is 5.69 Å². The number of anilines is 1. The van der Waals surface area contributed by atoms with Crippen LogP contribution in [0.15, 0.2) is 55.1 Å². The number of nitro benzene ring substituents is 1. The third-order valence-corrected chi connectivity index (χ3v) is 4.46. The van der Waals surface area contributed by atoms with Gasteiger partial charge in [-0.25, -0.2) is 9.67 Å². The van der Waals surface area contributed by atoms with E-state index in [0.717, 1.165) is 16.9 Å². The molecule has 0 unspecified atom stereocenters. The smallest absolute Gasteiger partial charge is 0.271 e. The minimum Gasteiger partial charge on any atom is -0.367 e. The Bertz CT molecular complexity index is 881. The molecule has 1 atom stereocenters. The van der Waals surface area contributed by atoms with Crippen LogP contribution in [0, 0.1) is 10.1 Å². The predicted molar refractivity (Wildman–Crippen MR) is 96.3 cm³/mol. The maximum atomic E-state index is 10.8. The summed E-state index contributed by atoms with van der Waals surface area (Å²) < 4.78 is 1.69. The number of non-ortho nitro benzene ring substituents is 1. The Labute approximate surface area is 149 Å². The molecule has 7 nitrogen and oxygen atoms in total.